The van der Waals surface area contributed by atoms with Crippen LogP contribution in [0.25, 0.3) is 0 Å². The number of aromatic nitrogens is 1. The minimum absolute atomic E-state index is 0.0270. The first-order valence-electron chi connectivity index (χ1n) is 14.8. The van der Waals surface area contributed by atoms with E-state index in [1.165, 1.54) is 39.6 Å². The highest BCUT2D eigenvalue weighted by atomic mass is 32.1. The molecule has 2 atom stereocenters. The fraction of sp³-hybridized carbons (Fsp3) is 0.419. The van der Waals surface area contributed by atoms with Crippen LogP contribution in [0.2, 0.25) is 0 Å². The fourth-order valence-corrected chi connectivity index (χ4v) is 5.71. The van der Waals surface area contributed by atoms with Gasteiger partial charge in [-0.1, -0.05) is 19.4 Å². The van der Waals surface area contributed by atoms with Gasteiger partial charge in [0.15, 0.2) is 11.4 Å². The monoisotopic (exact) mass is 625 g/mol. The van der Waals surface area contributed by atoms with Crippen molar-refractivity contribution in [3.63, 3.8) is 0 Å². The molecule has 1 fully saturated rings. The maximum absolute atomic E-state index is 14.9. The van der Waals surface area contributed by atoms with E-state index in [2.05, 4.69) is 22.7 Å². The number of carbonyl (C=O) groups is 3. The Morgan fingerprint density at radius 3 is 2.95 bits per heavy atom. The smallest absolute Gasteiger partial charge is 0.255 e. The molecule has 44 heavy (non-hydrogen) atoms. The maximum Gasteiger partial charge on any atom is 0.255 e. The molecular weight excluding hydrogens is 589 g/mol. The predicted octanol–water partition coefficient (Wildman–Crippen LogP) is 5.16. The van der Waals surface area contributed by atoms with Gasteiger partial charge in [-0.2, -0.15) is 5.17 Å². The third-order valence-corrected chi connectivity index (χ3v) is 8.01. The van der Waals surface area contributed by atoms with E-state index in [1.54, 1.807) is 29.8 Å². The highest BCUT2D eigenvalue weighted by Gasteiger charge is 2.41. The third-order valence-electron chi connectivity index (χ3n) is 7.32. The van der Waals surface area contributed by atoms with E-state index in [9.17, 15) is 18.8 Å². The molecule has 2 aliphatic heterocycles. The van der Waals surface area contributed by atoms with E-state index in [0.717, 1.165) is 32.0 Å². The Hall–Kier alpha value is -3.91. The number of anilines is 2. The zero-order valence-electron chi connectivity index (χ0n) is 24.5. The minimum Gasteiger partial charge on any atom is -0.465 e. The van der Waals surface area contributed by atoms with Crippen molar-refractivity contribution in [1.82, 2.24) is 15.3 Å². The first kappa shape index (κ1) is 31.5. The summed E-state index contributed by atoms with van der Waals surface area (Å²) >= 11 is 1.23. The average molecular weight is 626 g/mol. The molecule has 0 bridgehead atoms. The molecule has 0 spiro atoms. The lowest BCUT2D eigenvalue weighted by Crippen LogP contribution is -2.40. The molecule has 0 radical (unpaired) electrons. The SMILES string of the molecule is CCCCNN(OCCC=O)c1cccc2c1CN(C(C(=O)Nc1nccs1)c1cc(F)ccc1OC1CCCCO1)C2=O. The number of rotatable bonds is 15. The van der Waals surface area contributed by atoms with Gasteiger partial charge in [-0.15, -0.1) is 11.3 Å². The van der Waals surface area contributed by atoms with E-state index in [-0.39, 0.29) is 30.9 Å². The largest absolute Gasteiger partial charge is 0.465 e. The second-order valence-corrected chi connectivity index (χ2v) is 11.3. The number of nitrogens with zero attached hydrogens (tertiary/aromatic N) is 3. The van der Waals surface area contributed by atoms with E-state index >= 15 is 0 Å². The van der Waals surface area contributed by atoms with Crippen molar-refractivity contribution in [3.8, 4) is 5.75 Å². The lowest BCUT2D eigenvalue weighted by Gasteiger charge is -2.30. The molecule has 234 valence electrons. The molecule has 13 heteroatoms. The molecule has 2 amide bonds. The van der Waals surface area contributed by atoms with Gasteiger partial charge in [-0.3, -0.25) is 19.7 Å². The summed E-state index contributed by atoms with van der Waals surface area (Å²) in [5, 5.41) is 6.33. The molecule has 1 saturated heterocycles. The van der Waals surface area contributed by atoms with Crippen LogP contribution in [0.5, 0.6) is 5.75 Å². The van der Waals surface area contributed by atoms with E-state index < -0.39 is 30.0 Å². The number of halogens is 1. The molecule has 2 unspecified atom stereocenters. The number of unbranched alkanes of at least 4 members (excludes halogenated alkanes) is 1. The molecular formula is C31H36FN5O6S. The van der Waals surface area contributed by atoms with Crippen LogP contribution in [0.4, 0.5) is 15.2 Å². The topological polar surface area (TPSA) is 122 Å². The van der Waals surface area contributed by atoms with Gasteiger partial charge in [0.25, 0.3) is 11.8 Å². The number of thiazole rings is 1. The van der Waals surface area contributed by atoms with Crippen LogP contribution in [0.1, 0.15) is 73.0 Å². The molecule has 0 aliphatic carbocycles. The van der Waals surface area contributed by atoms with Crippen molar-refractivity contribution >= 4 is 40.3 Å². The Kier molecular flexibility index (Phi) is 10.9. The lowest BCUT2D eigenvalue weighted by molar-refractivity contribution is -0.121. The molecule has 2 N–H and O–H groups in total. The third kappa shape index (κ3) is 7.41. The quantitative estimate of drug-likeness (QED) is 0.134. The molecule has 0 saturated carbocycles. The number of hydrogen-bond donors (Lipinski definition) is 2. The zero-order valence-corrected chi connectivity index (χ0v) is 25.3. The second-order valence-electron chi connectivity index (χ2n) is 10.4. The van der Waals surface area contributed by atoms with Crippen molar-refractivity contribution in [1.29, 1.82) is 0 Å². The number of aldehydes is 1. The molecule has 2 aliphatic rings. The summed E-state index contributed by atoms with van der Waals surface area (Å²) in [7, 11) is 0. The number of ether oxygens (including phenoxy) is 2. The fourth-order valence-electron chi connectivity index (χ4n) is 5.18. The van der Waals surface area contributed by atoms with Gasteiger partial charge < -0.3 is 19.2 Å². The summed E-state index contributed by atoms with van der Waals surface area (Å²) < 4.78 is 26.8. The maximum atomic E-state index is 14.9. The zero-order chi connectivity index (χ0) is 30.9. The van der Waals surface area contributed by atoms with Crippen molar-refractivity contribution in [2.24, 2.45) is 0 Å². The number of amides is 2. The van der Waals surface area contributed by atoms with Gasteiger partial charge in [-0.05, 0) is 49.6 Å². The van der Waals surface area contributed by atoms with E-state index in [1.807, 2.05) is 0 Å². The Morgan fingerprint density at radius 1 is 1.32 bits per heavy atom. The summed E-state index contributed by atoms with van der Waals surface area (Å²) in [4.78, 5) is 50.4. The Morgan fingerprint density at radius 2 is 2.20 bits per heavy atom. The Balaban J connectivity index is 1.52. The highest BCUT2D eigenvalue weighted by molar-refractivity contribution is 7.13. The normalized spacial score (nSPS) is 16.8. The molecule has 11 nitrogen and oxygen atoms in total. The number of fused-ring (bicyclic) bond motifs is 1. The van der Waals surface area contributed by atoms with Crippen molar-refractivity contribution < 1.29 is 33.1 Å². The predicted molar refractivity (Wildman–Crippen MR) is 162 cm³/mol. The number of carbonyl (C=O) groups excluding carboxylic acids is 3. The summed E-state index contributed by atoms with van der Waals surface area (Å²) in [6.07, 6.45) is 6.27. The number of nitrogens with one attached hydrogen (secondary N) is 2. The van der Waals surface area contributed by atoms with Gasteiger partial charge in [-0.25, -0.2) is 14.8 Å². The molecule has 2 aromatic carbocycles. The summed E-state index contributed by atoms with van der Waals surface area (Å²) in [5.41, 5.74) is 4.99. The first-order valence-corrected chi connectivity index (χ1v) is 15.7. The number of benzene rings is 2. The van der Waals surface area contributed by atoms with Crippen LogP contribution in [0, 0.1) is 5.82 Å². The summed E-state index contributed by atoms with van der Waals surface area (Å²) in [6, 6.07) is 7.90. The van der Waals surface area contributed by atoms with Crippen LogP contribution >= 0.6 is 11.3 Å². The second kappa shape index (κ2) is 15.2. The molecule has 1 aromatic heterocycles. The summed E-state index contributed by atoms with van der Waals surface area (Å²) in [6.45, 7) is 3.37. The van der Waals surface area contributed by atoms with Crippen molar-refractivity contribution in [2.75, 3.05) is 30.2 Å². The Bertz CT molecular complexity index is 1430. The van der Waals surface area contributed by atoms with E-state index in [0.29, 0.717) is 41.5 Å². The van der Waals surface area contributed by atoms with Gasteiger partial charge in [0.1, 0.15) is 23.9 Å². The van der Waals surface area contributed by atoms with Crippen molar-refractivity contribution in [2.45, 2.75) is 64.3 Å². The minimum atomic E-state index is -1.27. The summed E-state index contributed by atoms with van der Waals surface area (Å²) in [5.74, 6) is -1.31. The molecule has 5 rings (SSSR count). The van der Waals surface area contributed by atoms with E-state index in [4.69, 9.17) is 14.3 Å². The van der Waals surface area contributed by atoms with Crippen LogP contribution in [-0.2, 0) is 25.7 Å². The first-order chi connectivity index (χ1) is 21.5. The lowest BCUT2D eigenvalue weighted by atomic mass is 10.0. The standard InChI is InChI=1S/C31H36FN5O6S/c1-2-3-13-34-37(42-17-7-15-38)25-9-6-8-22-24(25)20-36(30(22)40)28(29(39)35-31-33-14-18-44-31)23-19-21(32)11-12-26(23)43-27-10-4-5-16-41-27/h6,8-9,11-12,14-15,18-19,27-28,34H,2-5,7,10,13,16-17,20H2,1H3,(H,33,35,39). The van der Waals surface area contributed by atoms with Gasteiger partial charge >= 0.3 is 0 Å². The van der Waals surface area contributed by atoms with Gasteiger partial charge in [0.05, 0.1) is 25.4 Å². The van der Waals surface area contributed by atoms with Gasteiger partial charge in [0, 0.05) is 47.7 Å². The highest BCUT2D eigenvalue weighted by Crippen LogP contribution is 2.40. The van der Waals surface area contributed by atoms with Crippen LogP contribution in [0.3, 0.4) is 0 Å². The Labute approximate surface area is 259 Å². The van der Waals surface area contributed by atoms with Crippen molar-refractivity contribution in [3.05, 3.63) is 70.5 Å². The average Bonchev–Trinajstić information content (AvgIpc) is 3.66. The molecule has 3 heterocycles. The van der Waals surface area contributed by atoms with Gasteiger partial charge in [0.2, 0.25) is 0 Å². The van der Waals surface area contributed by atoms with Crippen LogP contribution in [0.15, 0.2) is 48.0 Å². The van der Waals surface area contributed by atoms with Crippen LogP contribution < -0.4 is 20.7 Å². The number of hydrogen-bond acceptors (Lipinski definition) is 10. The molecule has 3 aromatic rings. The number of hydrazine groups is 1. The van der Waals surface area contributed by atoms with Crippen LogP contribution in [-0.4, -0.2) is 54.0 Å².